The molecule has 0 aromatic heterocycles. The molecule has 3 amide bonds. The van der Waals surface area contributed by atoms with Gasteiger partial charge in [-0.2, -0.15) is 0 Å². The van der Waals surface area contributed by atoms with Crippen LogP contribution in [-0.2, 0) is 14.4 Å². The SMILES string of the molecule is CN(C(=O)c1ccc(OCCN2CCC(C(=O)O)CC2)cc1C=O)C1CCC(=O)NC1=O. The number of likely N-dealkylation sites (tertiary alicyclic amines) is 1. The predicted octanol–water partition coefficient (Wildman–Crippen LogP) is 0.552. The number of imide groups is 1. The van der Waals surface area contributed by atoms with Gasteiger partial charge in [-0.15, -0.1) is 0 Å². The molecule has 1 aromatic rings. The van der Waals surface area contributed by atoms with Gasteiger partial charge in [-0.25, -0.2) is 0 Å². The highest BCUT2D eigenvalue weighted by Crippen LogP contribution is 2.21. The lowest BCUT2D eigenvalue weighted by atomic mass is 9.97. The quantitative estimate of drug-likeness (QED) is 0.438. The van der Waals surface area contributed by atoms with Crippen LogP contribution in [0.4, 0.5) is 0 Å². The van der Waals surface area contributed by atoms with Crippen molar-refractivity contribution in [2.45, 2.75) is 31.7 Å². The fourth-order valence-electron chi connectivity index (χ4n) is 4.00. The number of nitrogens with zero attached hydrogens (tertiary/aromatic N) is 2. The molecule has 3 rings (SSSR count). The maximum absolute atomic E-state index is 12.9. The normalized spacial score (nSPS) is 19.8. The molecule has 2 saturated heterocycles. The van der Waals surface area contributed by atoms with E-state index >= 15 is 0 Å². The lowest BCUT2D eigenvalue weighted by Crippen LogP contribution is -2.53. The first-order valence-electron chi connectivity index (χ1n) is 10.6. The number of aldehydes is 1. The van der Waals surface area contributed by atoms with E-state index in [-0.39, 0.29) is 35.8 Å². The van der Waals surface area contributed by atoms with Crippen LogP contribution in [0.1, 0.15) is 46.4 Å². The summed E-state index contributed by atoms with van der Waals surface area (Å²) in [5.41, 5.74) is 0.296. The van der Waals surface area contributed by atoms with E-state index in [1.807, 2.05) is 0 Å². The van der Waals surface area contributed by atoms with Gasteiger partial charge in [-0.1, -0.05) is 0 Å². The third-order valence-corrected chi connectivity index (χ3v) is 5.99. The minimum Gasteiger partial charge on any atom is -0.492 e. The molecular weight excluding hydrogens is 418 g/mol. The minimum atomic E-state index is -0.777. The second kappa shape index (κ2) is 10.4. The molecule has 1 unspecified atom stereocenters. The molecule has 0 aliphatic carbocycles. The first-order chi connectivity index (χ1) is 15.3. The molecule has 2 fully saturated rings. The number of nitrogens with one attached hydrogen (secondary N) is 1. The van der Waals surface area contributed by atoms with Crippen LogP contribution in [0.3, 0.4) is 0 Å². The molecule has 2 N–H and O–H groups in total. The fraction of sp³-hybridized carbons (Fsp3) is 0.500. The van der Waals surface area contributed by atoms with E-state index in [9.17, 15) is 24.0 Å². The number of carbonyl (C=O) groups excluding carboxylic acids is 4. The number of carboxylic acids is 1. The smallest absolute Gasteiger partial charge is 0.306 e. The monoisotopic (exact) mass is 445 g/mol. The van der Waals surface area contributed by atoms with Gasteiger partial charge in [0.15, 0.2) is 6.29 Å². The highest BCUT2D eigenvalue weighted by molar-refractivity contribution is 6.06. The molecule has 32 heavy (non-hydrogen) atoms. The zero-order chi connectivity index (χ0) is 23.3. The van der Waals surface area contributed by atoms with E-state index in [0.717, 1.165) is 0 Å². The number of ether oxygens (including phenoxy) is 1. The van der Waals surface area contributed by atoms with Gasteiger partial charge in [0.25, 0.3) is 5.91 Å². The lowest BCUT2D eigenvalue weighted by molar-refractivity contribution is -0.143. The van der Waals surface area contributed by atoms with Crippen LogP contribution in [0, 0.1) is 5.92 Å². The summed E-state index contributed by atoms with van der Waals surface area (Å²) in [6.07, 6.45) is 2.17. The van der Waals surface area contributed by atoms with E-state index in [0.29, 0.717) is 51.1 Å². The van der Waals surface area contributed by atoms with Gasteiger partial charge in [0, 0.05) is 25.6 Å². The Labute approximate surface area is 185 Å². The van der Waals surface area contributed by atoms with Crippen molar-refractivity contribution >= 4 is 30.0 Å². The van der Waals surface area contributed by atoms with E-state index < -0.39 is 23.8 Å². The van der Waals surface area contributed by atoms with E-state index in [1.54, 1.807) is 6.07 Å². The number of hydrogen-bond acceptors (Lipinski definition) is 7. The molecule has 1 aromatic carbocycles. The van der Waals surface area contributed by atoms with Crippen LogP contribution < -0.4 is 10.1 Å². The first kappa shape index (κ1) is 23.4. The molecule has 10 heteroatoms. The van der Waals surface area contributed by atoms with Crippen LogP contribution >= 0.6 is 0 Å². The number of benzene rings is 1. The zero-order valence-corrected chi connectivity index (χ0v) is 17.9. The molecule has 0 bridgehead atoms. The molecule has 172 valence electrons. The summed E-state index contributed by atoms with van der Waals surface area (Å²) in [7, 11) is 1.47. The fourth-order valence-corrected chi connectivity index (χ4v) is 4.00. The van der Waals surface area contributed by atoms with Gasteiger partial charge in [0.05, 0.1) is 11.5 Å². The van der Waals surface area contributed by atoms with Crippen molar-refractivity contribution in [3.63, 3.8) is 0 Å². The molecule has 0 radical (unpaired) electrons. The number of hydrogen-bond donors (Lipinski definition) is 2. The Hall–Kier alpha value is -3.27. The summed E-state index contributed by atoms with van der Waals surface area (Å²) in [4.78, 5) is 62.2. The van der Waals surface area contributed by atoms with Crippen LogP contribution in [0.5, 0.6) is 5.75 Å². The molecule has 2 aliphatic rings. The molecule has 1 atom stereocenters. The molecule has 0 spiro atoms. The topological polar surface area (TPSA) is 133 Å². The third-order valence-electron chi connectivity index (χ3n) is 5.99. The Bertz CT molecular complexity index is 909. The van der Waals surface area contributed by atoms with Crippen molar-refractivity contribution in [3.05, 3.63) is 29.3 Å². The predicted molar refractivity (Wildman–Crippen MR) is 112 cm³/mol. The molecule has 2 aliphatic heterocycles. The highest BCUT2D eigenvalue weighted by atomic mass is 16.5. The Morgan fingerprint density at radius 3 is 2.59 bits per heavy atom. The Morgan fingerprint density at radius 1 is 1.25 bits per heavy atom. The Balaban J connectivity index is 1.56. The van der Waals surface area contributed by atoms with Crippen molar-refractivity contribution in [1.82, 2.24) is 15.1 Å². The molecule has 0 saturated carbocycles. The molecule has 2 heterocycles. The number of rotatable bonds is 8. The summed E-state index contributed by atoms with van der Waals surface area (Å²) in [6, 6.07) is 3.79. The molecule has 10 nitrogen and oxygen atoms in total. The maximum Gasteiger partial charge on any atom is 0.306 e. The Morgan fingerprint density at radius 2 is 1.97 bits per heavy atom. The second-order valence-electron chi connectivity index (χ2n) is 8.05. The number of piperidine rings is 2. The average molecular weight is 445 g/mol. The van der Waals surface area contributed by atoms with E-state index in [2.05, 4.69) is 10.2 Å². The summed E-state index contributed by atoms with van der Waals surface area (Å²) in [5, 5.41) is 11.3. The van der Waals surface area contributed by atoms with Gasteiger partial charge in [0.2, 0.25) is 11.8 Å². The largest absolute Gasteiger partial charge is 0.492 e. The van der Waals surface area contributed by atoms with Crippen LogP contribution in [0.15, 0.2) is 18.2 Å². The van der Waals surface area contributed by atoms with Crippen LogP contribution in [0.2, 0.25) is 0 Å². The van der Waals surface area contributed by atoms with Crippen molar-refractivity contribution < 1.29 is 33.8 Å². The molecular formula is C22H27N3O7. The third kappa shape index (κ3) is 5.50. The van der Waals surface area contributed by atoms with Crippen molar-refractivity contribution in [2.24, 2.45) is 5.92 Å². The van der Waals surface area contributed by atoms with Gasteiger partial charge < -0.3 is 14.7 Å². The minimum absolute atomic E-state index is 0.147. The summed E-state index contributed by atoms with van der Waals surface area (Å²) in [5.74, 6) is -1.99. The van der Waals surface area contributed by atoms with Gasteiger partial charge in [0.1, 0.15) is 18.4 Å². The number of aliphatic carboxylic acids is 1. The standard InChI is InChI=1S/C22H27N3O7/c1-24(18-4-5-19(27)23-20(18)28)21(29)17-3-2-16(12-15(17)13-26)32-11-10-25-8-6-14(7-9-25)22(30)31/h2-3,12-14,18H,4-11H2,1H3,(H,30,31)(H,23,27,28). The summed E-state index contributed by atoms with van der Waals surface area (Å²) in [6.45, 7) is 2.38. The lowest BCUT2D eigenvalue weighted by Gasteiger charge is -2.30. The van der Waals surface area contributed by atoms with Crippen molar-refractivity contribution in [2.75, 3.05) is 33.3 Å². The van der Waals surface area contributed by atoms with Crippen molar-refractivity contribution in [3.8, 4) is 5.75 Å². The summed E-state index contributed by atoms with van der Waals surface area (Å²) < 4.78 is 5.72. The number of carbonyl (C=O) groups is 5. The van der Waals surface area contributed by atoms with Gasteiger partial charge in [-0.3, -0.25) is 34.2 Å². The van der Waals surface area contributed by atoms with Crippen LogP contribution in [-0.4, -0.2) is 84.2 Å². The number of likely N-dealkylation sites (N-methyl/N-ethyl adjacent to an activating group) is 1. The number of carboxylic acid groups (broad SMARTS) is 1. The zero-order valence-electron chi connectivity index (χ0n) is 17.9. The van der Waals surface area contributed by atoms with E-state index in [1.165, 1.54) is 24.1 Å². The summed E-state index contributed by atoms with van der Waals surface area (Å²) >= 11 is 0. The Kier molecular flexibility index (Phi) is 7.57. The average Bonchev–Trinajstić information content (AvgIpc) is 2.78. The number of amides is 3. The first-order valence-corrected chi connectivity index (χ1v) is 10.6. The highest BCUT2D eigenvalue weighted by Gasteiger charge is 2.33. The maximum atomic E-state index is 12.9. The van der Waals surface area contributed by atoms with Crippen molar-refractivity contribution in [1.29, 1.82) is 0 Å². The van der Waals surface area contributed by atoms with Gasteiger partial charge in [-0.05, 0) is 50.6 Å². The van der Waals surface area contributed by atoms with E-state index in [4.69, 9.17) is 9.84 Å². The van der Waals surface area contributed by atoms with Gasteiger partial charge >= 0.3 is 5.97 Å². The second-order valence-corrected chi connectivity index (χ2v) is 8.05. The van der Waals surface area contributed by atoms with Crippen LogP contribution in [0.25, 0.3) is 0 Å².